The number of nitrogens with zero attached hydrogens (tertiary/aromatic N) is 1. The third-order valence-electron chi connectivity index (χ3n) is 3.30. The molecular formula is C21H34FNO3Y. The number of halogens is 1. The SMILES string of the molecule is C.C.C.CC(C)c1ccc(F)cc1.CC(C)n1cccc(C(=O)O)c1=O.[Y]. The second-order valence-corrected chi connectivity index (χ2v) is 5.74. The molecule has 1 aromatic heterocycles. The fraction of sp³-hybridized carbons (Fsp3) is 0.429. The Morgan fingerprint density at radius 2 is 1.48 bits per heavy atom. The summed E-state index contributed by atoms with van der Waals surface area (Å²) in [5.41, 5.74) is 0.544. The largest absolute Gasteiger partial charge is 0.477 e. The molecule has 2 rings (SSSR count). The zero-order valence-electron chi connectivity index (χ0n) is 14.4. The molecule has 1 heterocycles. The van der Waals surface area contributed by atoms with Crippen LogP contribution in [0.2, 0.25) is 0 Å². The second-order valence-electron chi connectivity index (χ2n) is 5.74. The quantitative estimate of drug-likeness (QED) is 0.618. The van der Waals surface area contributed by atoms with Gasteiger partial charge in [-0.15, -0.1) is 0 Å². The van der Waals surface area contributed by atoms with Crippen LogP contribution in [0.3, 0.4) is 0 Å². The van der Waals surface area contributed by atoms with Crippen molar-refractivity contribution in [1.29, 1.82) is 0 Å². The molecule has 0 aliphatic carbocycles. The Kier molecular flexibility index (Phi) is 19.4. The van der Waals surface area contributed by atoms with Crippen LogP contribution in [0.25, 0.3) is 0 Å². The molecule has 0 bridgehead atoms. The van der Waals surface area contributed by atoms with Gasteiger partial charge in [-0.2, -0.15) is 0 Å². The summed E-state index contributed by atoms with van der Waals surface area (Å²) in [7, 11) is 0. The van der Waals surface area contributed by atoms with E-state index in [1.165, 1.54) is 28.3 Å². The number of rotatable bonds is 3. The van der Waals surface area contributed by atoms with E-state index in [4.69, 9.17) is 5.11 Å². The van der Waals surface area contributed by atoms with Gasteiger partial charge in [-0.25, -0.2) is 9.18 Å². The number of pyridine rings is 1. The second kappa shape index (κ2) is 15.7. The van der Waals surface area contributed by atoms with Crippen LogP contribution in [0, 0.1) is 5.82 Å². The van der Waals surface area contributed by atoms with Crippen LogP contribution < -0.4 is 5.56 Å². The van der Waals surface area contributed by atoms with Crippen LogP contribution >= 0.6 is 0 Å². The summed E-state index contributed by atoms with van der Waals surface area (Å²) in [5, 5.41) is 8.66. The zero-order valence-corrected chi connectivity index (χ0v) is 17.2. The maximum Gasteiger partial charge on any atom is 0.341 e. The number of benzene rings is 1. The van der Waals surface area contributed by atoms with Crippen LogP contribution in [0.1, 0.15) is 77.9 Å². The Hall–Kier alpha value is -1.33. The molecule has 0 saturated carbocycles. The van der Waals surface area contributed by atoms with Crippen molar-refractivity contribution in [3.05, 3.63) is 69.9 Å². The molecule has 1 aromatic carbocycles. The summed E-state index contributed by atoms with van der Waals surface area (Å²) >= 11 is 0. The first-order valence-corrected chi connectivity index (χ1v) is 7.44. The van der Waals surface area contributed by atoms with Crippen LogP contribution in [0.4, 0.5) is 4.39 Å². The van der Waals surface area contributed by atoms with Gasteiger partial charge < -0.3 is 9.67 Å². The molecule has 1 N–H and O–H groups in total. The van der Waals surface area contributed by atoms with Crippen molar-refractivity contribution >= 4 is 5.97 Å². The summed E-state index contributed by atoms with van der Waals surface area (Å²) in [6, 6.07) is 9.48. The summed E-state index contributed by atoms with van der Waals surface area (Å²) in [6.45, 7) is 7.83. The normalized spacial score (nSPS) is 8.85. The van der Waals surface area contributed by atoms with E-state index in [0.29, 0.717) is 5.92 Å². The predicted octanol–water partition coefficient (Wildman–Crippen LogP) is 5.98. The van der Waals surface area contributed by atoms with E-state index in [0.717, 1.165) is 0 Å². The monoisotopic (exact) mass is 456 g/mol. The molecule has 0 atom stereocenters. The minimum atomic E-state index is -1.18. The van der Waals surface area contributed by atoms with Crippen molar-refractivity contribution < 1.29 is 47.0 Å². The molecule has 27 heavy (non-hydrogen) atoms. The average molecular weight is 456 g/mol. The Morgan fingerprint density at radius 1 is 1.00 bits per heavy atom. The van der Waals surface area contributed by atoms with Gasteiger partial charge in [-0.1, -0.05) is 48.3 Å². The molecule has 0 aliphatic rings. The van der Waals surface area contributed by atoms with Gasteiger partial charge in [0, 0.05) is 44.9 Å². The van der Waals surface area contributed by atoms with Gasteiger partial charge in [0.2, 0.25) is 0 Å². The van der Waals surface area contributed by atoms with Gasteiger partial charge in [0.1, 0.15) is 11.4 Å². The van der Waals surface area contributed by atoms with Gasteiger partial charge in [0.25, 0.3) is 5.56 Å². The molecule has 0 unspecified atom stereocenters. The third-order valence-corrected chi connectivity index (χ3v) is 3.30. The van der Waals surface area contributed by atoms with Crippen LogP contribution in [0.5, 0.6) is 0 Å². The van der Waals surface area contributed by atoms with E-state index in [9.17, 15) is 14.0 Å². The van der Waals surface area contributed by atoms with Gasteiger partial charge in [-0.05, 0) is 49.6 Å². The number of aromatic nitrogens is 1. The Labute approximate surface area is 188 Å². The minimum Gasteiger partial charge on any atom is -0.477 e. The fourth-order valence-electron chi connectivity index (χ4n) is 1.93. The van der Waals surface area contributed by atoms with E-state index < -0.39 is 11.5 Å². The number of hydrogen-bond donors (Lipinski definition) is 1. The smallest absolute Gasteiger partial charge is 0.341 e. The van der Waals surface area contributed by atoms with Gasteiger partial charge in [-0.3, -0.25) is 4.79 Å². The molecule has 2 aromatic rings. The Balaban J connectivity index is -0.000000174. The number of carboxylic acid groups (broad SMARTS) is 1. The fourth-order valence-corrected chi connectivity index (χ4v) is 1.93. The first kappa shape index (κ1) is 33.3. The van der Waals surface area contributed by atoms with Crippen molar-refractivity contribution in [2.75, 3.05) is 0 Å². The topological polar surface area (TPSA) is 59.3 Å². The van der Waals surface area contributed by atoms with Crippen molar-refractivity contribution in [3.63, 3.8) is 0 Å². The van der Waals surface area contributed by atoms with Crippen LogP contribution in [0.15, 0.2) is 47.4 Å². The average Bonchev–Trinajstić information content (AvgIpc) is 2.48. The summed E-state index contributed by atoms with van der Waals surface area (Å²) in [4.78, 5) is 22.0. The molecule has 0 fully saturated rings. The standard InChI is InChI=1S/C9H11F.C9H11NO3.3CH4.Y/c1-7(2)8-3-5-9(10)6-4-8;1-6(2)10-5-3-4-7(8(10)11)9(12)13;;;;/h3-7H,1-2H3;3-6H,1-2H3,(H,12,13);3*1H4;. The van der Waals surface area contributed by atoms with E-state index in [-0.39, 0.29) is 72.4 Å². The summed E-state index contributed by atoms with van der Waals surface area (Å²) in [6.07, 6.45) is 1.58. The summed E-state index contributed by atoms with van der Waals surface area (Å²) in [5.74, 6) is -0.856. The predicted molar refractivity (Wildman–Crippen MR) is 109 cm³/mol. The van der Waals surface area contributed by atoms with Crippen molar-refractivity contribution in [1.82, 2.24) is 4.57 Å². The van der Waals surface area contributed by atoms with E-state index in [1.807, 2.05) is 26.0 Å². The Bertz CT molecular complexity index is 710. The van der Waals surface area contributed by atoms with E-state index in [1.54, 1.807) is 12.3 Å². The van der Waals surface area contributed by atoms with Crippen LogP contribution in [-0.2, 0) is 32.7 Å². The number of carboxylic acids is 1. The minimum absolute atomic E-state index is 0. The molecule has 6 heteroatoms. The zero-order chi connectivity index (χ0) is 17.6. The Morgan fingerprint density at radius 3 is 1.85 bits per heavy atom. The first-order valence-electron chi connectivity index (χ1n) is 7.44. The van der Waals surface area contributed by atoms with Gasteiger partial charge in [0.15, 0.2) is 0 Å². The molecule has 1 radical (unpaired) electrons. The first-order chi connectivity index (χ1) is 10.7. The molecule has 0 saturated heterocycles. The van der Waals surface area contributed by atoms with Crippen LogP contribution in [-0.4, -0.2) is 15.6 Å². The van der Waals surface area contributed by atoms with E-state index in [2.05, 4.69) is 13.8 Å². The summed E-state index contributed by atoms with van der Waals surface area (Å²) < 4.78 is 13.7. The van der Waals surface area contributed by atoms with Crippen molar-refractivity contribution in [3.8, 4) is 0 Å². The van der Waals surface area contributed by atoms with E-state index >= 15 is 0 Å². The maximum atomic E-state index is 12.4. The van der Waals surface area contributed by atoms with Crippen molar-refractivity contribution in [2.24, 2.45) is 0 Å². The number of hydrogen-bond acceptors (Lipinski definition) is 2. The molecular weight excluding hydrogens is 422 g/mol. The molecule has 0 aliphatic heterocycles. The molecule has 0 amide bonds. The number of carbonyl (C=O) groups is 1. The van der Waals surface area contributed by atoms with Gasteiger partial charge >= 0.3 is 5.97 Å². The molecule has 0 spiro atoms. The maximum absolute atomic E-state index is 12.4. The molecule has 4 nitrogen and oxygen atoms in total. The molecule has 151 valence electrons. The van der Waals surface area contributed by atoms with Gasteiger partial charge in [0.05, 0.1) is 0 Å². The van der Waals surface area contributed by atoms with Crippen molar-refractivity contribution in [2.45, 2.75) is 61.9 Å². The third kappa shape index (κ3) is 10.6. The number of aromatic carboxylic acids is 1.